The number of rotatable bonds is 8. The van der Waals surface area contributed by atoms with Crippen LogP contribution in [-0.2, 0) is 14.3 Å². The van der Waals surface area contributed by atoms with Gasteiger partial charge in [0, 0.05) is 33.9 Å². The summed E-state index contributed by atoms with van der Waals surface area (Å²) in [6, 6.07) is 0. The van der Waals surface area contributed by atoms with Crippen molar-refractivity contribution >= 4 is 5.91 Å². The Kier molecular flexibility index (Phi) is 7.48. The lowest BCUT2D eigenvalue weighted by Crippen LogP contribution is -2.51. The highest BCUT2D eigenvalue weighted by atomic mass is 16.5. The van der Waals surface area contributed by atoms with Gasteiger partial charge in [-0.2, -0.15) is 0 Å². The SMILES string of the molecule is COCCN(CCOC)C(=O)C1(CN)CCC(C)CC1. The van der Waals surface area contributed by atoms with Crippen LogP contribution in [0.25, 0.3) is 0 Å². The minimum Gasteiger partial charge on any atom is -0.383 e. The van der Waals surface area contributed by atoms with Crippen LogP contribution in [0.5, 0.6) is 0 Å². The molecule has 2 N–H and O–H groups in total. The molecule has 0 aromatic heterocycles. The number of carbonyl (C=O) groups excluding carboxylic acids is 1. The summed E-state index contributed by atoms with van der Waals surface area (Å²) in [5, 5.41) is 0. The first-order valence-electron chi connectivity index (χ1n) is 7.57. The van der Waals surface area contributed by atoms with Crippen LogP contribution < -0.4 is 5.73 Å². The van der Waals surface area contributed by atoms with Gasteiger partial charge in [-0.15, -0.1) is 0 Å². The second kappa shape index (κ2) is 8.60. The van der Waals surface area contributed by atoms with Crippen molar-refractivity contribution in [1.29, 1.82) is 0 Å². The molecule has 1 rings (SSSR count). The zero-order valence-electron chi connectivity index (χ0n) is 13.2. The molecule has 20 heavy (non-hydrogen) atoms. The molecular weight excluding hydrogens is 256 g/mol. The number of hydrogen-bond acceptors (Lipinski definition) is 4. The minimum atomic E-state index is -0.367. The van der Waals surface area contributed by atoms with Gasteiger partial charge >= 0.3 is 0 Å². The van der Waals surface area contributed by atoms with Gasteiger partial charge in [0.25, 0.3) is 0 Å². The first kappa shape index (κ1) is 17.4. The Hall–Kier alpha value is -0.650. The summed E-state index contributed by atoms with van der Waals surface area (Å²) in [6.45, 7) is 5.00. The van der Waals surface area contributed by atoms with Gasteiger partial charge in [0.1, 0.15) is 0 Å². The van der Waals surface area contributed by atoms with Crippen molar-refractivity contribution in [2.75, 3.05) is 47.1 Å². The number of nitrogens with zero attached hydrogens (tertiary/aromatic N) is 1. The Morgan fingerprint density at radius 3 is 2.10 bits per heavy atom. The Bertz CT molecular complexity index is 281. The topological polar surface area (TPSA) is 64.8 Å². The summed E-state index contributed by atoms with van der Waals surface area (Å²) in [5.74, 6) is 0.884. The Morgan fingerprint density at radius 1 is 1.20 bits per heavy atom. The molecule has 118 valence electrons. The number of ether oxygens (including phenoxy) is 2. The Labute approximate surface area is 122 Å². The van der Waals surface area contributed by atoms with Crippen molar-refractivity contribution < 1.29 is 14.3 Å². The van der Waals surface area contributed by atoms with Crippen LogP contribution in [0.3, 0.4) is 0 Å². The smallest absolute Gasteiger partial charge is 0.230 e. The molecule has 0 aromatic carbocycles. The van der Waals surface area contributed by atoms with Crippen LogP contribution in [-0.4, -0.2) is 57.9 Å². The van der Waals surface area contributed by atoms with E-state index in [0.29, 0.717) is 38.8 Å². The molecular formula is C15H30N2O3. The zero-order chi connectivity index (χ0) is 15.0. The fraction of sp³-hybridized carbons (Fsp3) is 0.933. The summed E-state index contributed by atoms with van der Waals surface area (Å²) in [6.07, 6.45) is 3.98. The molecule has 5 heteroatoms. The van der Waals surface area contributed by atoms with Gasteiger partial charge in [0.2, 0.25) is 5.91 Å². The quantitative estimate of drug-likeness (QED) is 0.729. The molecule has 1 fully saturated rings. The van der Waals surface area contributed by atoms with Crippen LogP contribution >= 0.6 is 0 Å². The minimum absolute atomic E-state index is 0.181. The van der Waals surface area contributed by atoms with Crippen LogP contribution in [0, 0.1) is 11.3 Å². The van der Waals surface area contributed by atoms with Gasteiger partial charge in [-0.1, -0.05) is 6.92 Å². The van der Waals surface area contributed by atoms with Crippen LogP contribution in [0.2, 0.25) is 0 Å². The maximum Gasteiger partial charge on any atom is 0.230 e. The summed E-state index contributed by atoms with van der Waals surface area (Å²) < 4.78 is 10.2. The van der Waals surface area contributed by atoms with Gasteiger partial charge in [0.15, 0.2) is 0 Å². The van der Waals surface area contributed by atoms with E-state index in [9.17, 15) is 4.79 Å². The molecule has 5 nitrogen and oxygen atoms in total. The molecule has 1 aliphatic carbocycles. The lowest BCUT2D eigenvalue weighted by atomic mass is 9.70. The van der Waals surface area contributed by atoms with E-state index in [0.717, 1.165) is 25.7 Å². The third-order valence-corrected chi connectivity index (χ3v) is 4.49. The van der Waals surface area contributed by atoms with E-state index < -0.39 is 0 Å². The normalized spacial score (nSPS) is 26.5. The molecule has 0 aliphatic heterocycles. The maximum atomic E-state index is 12.9. The van der Waals surface area contributed by atoms with E-state index in [-0.39, 0.29) is 11.3 Å². The first-order valence-corrected chi connectivity index (χ1v) is 7.57. The second-order valence-corrected chi connectivity index (χ2v) is 5.94. The number of amides is 1. The lowest BCUT2D eigenvalue weighted by molar-refractivity contribution is -0.145. The molecule has 0 radical (unpaired) electrons. The molecule has 1 amide bonds. The highest BCUT2D eigenvalue weighted by Crippen LogP contribution is 2.39. The van der Waals surface area contributed by atoms with E-state index in [1.165, 1.54) is 0 Å². The Balaban J connectivity index is 2.73. The highest BCUT2D eigenvalue weighted by Gasteiger charge is 2.42. The van der Waals surface area contributed by atoms with Crippen molar-refractivity contribution in [3.63, 3.8) is 0 Å². The summed E-state index contributed by atoms with van der Waals surface area (Å²) in [7, 11) is 3.31. The molecule has 1 saturated carbocycles. The monoisotopic (exact) mass is 286 g/mol. The molecule has 1 aliphatic rings. The third kappa shape index (κ3) is 4.43. The predicted molar refractivity (Wildman–Crippen MR) is 79.5 cm³/mol. The van der Waals surface area contributed by atoms with Crippen LogP contribution in [0.1, 0.15) is 32.6 Å². The van der Waals surface area contributed by atoms with Crippen molar-refractivity contribution in [3.8, 4) is 0 Å². The standard InChI is InChI=1S/C15H30N2O3/c1-13-4-6-15(12-16,7-5-13)14(18)17(8-10-19-2)9-11-20-3/h13H,4-12,16H2,1-3H3. The summed E-state index contributed by atoms with van der Waals surface area (Å²) >= 11 is 0. The Morgan fingerprint density at radius 2 is 1.70 bits per heavy atom. The van der Waals surface area contributed by atoms with Gasteiger partial charge in [0.05, 0.1) is 18.6 Å². The molecule has 0 atom stereocenters. The number of nitrogens with two attached hydrogens (primary N) is 1. The number of methoxy groups -OCH3 is 2. The second-order valence-electron chi connectivity index (χ2n) is 5.94. The molecule has 0 aromatic rings. The van der Waals surface area contributed by atoms with E-state index in [1.807, 2.05) is 4.90 Å². The van der Waals surface area contributed by atoms with Crippen molar-refractivity contribution in [2.45, 2.75) is 32.6 Å². The van der Waals surface area contributed by atoms with Gasteiger partial charge in [-0.3, -0.25) is 4.79 Å². The lowest BCUT2D eigenvalue weighted by Gasteiger charge is -2.40. The molecule has 0 saturated heterocycles. The van der Waals surface area contributed by atoms with Gasteiger partial charge in [-0.05, 0) is 31.6 Å². The number of hydrogen-bond donors (Lipinski definition) is 1. The van der Waals surface area contributed by atoms with E-state index in [4.69, 9.17) is 15.2 Å². The van der Waals surface area contributed by atoms with E-state index in [1.54, 1.807) is 14.2 Å². The summed E-state index contributed by atoms with van der Waals surface area (Å²) in [5.41, 5.74) is 5.60. The maximum absolute atomic E-state index is 12.9. The van der Waals surface area contributed by atoms with E-state index >= 15 is 0 Å². The average molecular weight is 286 g/mol. The third-order valence-electron chi connectivity index (χ3n) is 4.49. The molecule has 0 unspecified atom stereocenters. The van der Waals surface area contributed by atoms with E-state index in [2.05, 4.69) is 6.92 Å². The largest absolute Gasteiger partial charge is 0.383 e. The van der Waals surface area contributed by atoms with Gasteiger partial charge in [-0.25, -0.2) is 0 Å². The highest BCUT2D eigenvalue weighted by molar-refractivity contribution is 5.83. The number of carbonyl (C=O) groups is 1. The molecule has 0 spiro atoms. The molecule has 0 bridgehead atoms. The average Bonchev–Trinajstić information content (AvgIpc) is 2.48. The van der Waals surface area contributed by atoms with Crippen molar-refractivity contribution in [3.05, 3.63) is 0 Å². The predicted octanol–water partition coefficient (Wildman–Crippen LogP) is 1.26. The summed E-state index contributed by atoms with van der Waals surface area (Å²) in [4.78, 5) is 14.8. The van der Waals surface area contributed by atoms with Crippen LogP contribution in [0.4, 0.5) is 0 Å². The fourth-order valence-electron chi connectivity index (χ4n) is 2.87. The van der Waals surface area contributed by atoms with Crippen LogP contribution in [0.15, 0.2) is 0 Å². The zero-order valence-corrected chi connectivity index (χ0v) is 13.2. The first-order chi connectivity index (χ1) is 9.59. The molecule has 0 heterocycles. The van der Waals surface area contributed by atoms with Crippen molar-refractivity contribution in [1.82, 2.24) is 4.90 Å². The van der Waals surface area contributed by atoms with Gasteiger partial charge < -0.3 is 20.1 Å². The van der Waals surface area contributed by atoms with Crippen molar-refractivity contribution in [2.24, 2.45) is 17.1 Å². The fourth-order valence-corrected chi connectivity index (χ4v) is 2.87.